The lowest BCUT2D eigenvalue weighted by Gasteiger charge is -2.19. The Morgan fingerprint density at radius 3 is 2.65 bits per heavy atom. The van der Waals surface area contributed by atoms with Gasteiger partial charge in [-0.25, -0.2) is 4.79 Å². The molecule has 9 heteroatoms. The molecule has 1 atom stereocenters. The molecule has 1 aliphatic rings. The Balaban J connectivity index is 1.94. The fourth-order valence-corrected chi connectivity index (χ4v) is 2.76. The van der Waals surface area contributed by atoms with E-state index in [9.17, 15) is 14.6 Å². The van der Waals surface area contributed by atoms with Crippen LogP contribution in [0.25, 0.3) is 0 Å². The van der Waals surface area contributed by atoms with Gasteiger partial charge in [0.05, 0.1) is 19.1 Å². The van der Waals surface area contributed by atoms with Gasteiger partial charge in [0.1, 0.15) is 18.0 Å². The minimum atomic E-state index is -1.18. The van der Waals surface area contributed by atoms with E-state index >= 15 is 0 Å². The Bertz CT molecular complexity index is 686. The van der Waals surface area contributed by atoms with Crippen molar-refractivity contribution in [2.45, 2.75) is 45.8 Å². The fourth-order valence-electron chi connectivity index (χ4n) is 2.76. The number of carbonyl (C=O) groups excluding carboxylic acids is 1. The van der Waals surface area contributed by atoms with E-state index in [0.717, 1.165) is 5.56 Å². The van der Waals surface area contributed by atoms with E-state index in [1.807, 2.05) is 0 Å². The van der Waals surface area contributed by atoms with Crippen LogP contribution in [0.5, 0.6) is 5.75 Å². The number of fused-ring (bicyclic) bond motifs is 1. The summed E-state index contributed by atoms with van der Waals surface area (Å²) in [6, 6.07) is 3.38. The van der Waals surface area contributed by atoms with Crippen molar-refractivity contribution in [3.8, 4) is 5.75 Å². The van der Waals surface area contributed by atoms with E-state index < -0.39 is 30.9 Å². The zero-order valence-electron chi connectivity index (χ0n) is 15.4. The SMILES string of the molecule is Cc1cc(OCCNC(=O)OC(C)(C)C)cc2c1C(CC(=O)O)OB2O. The van der Waals surface area contributed by atoms with Crippen LogP contribution < -0.4 is 15.5 Å². The Hall–Kier alpha value is -2.26. The van der Waals surface area contributed by atoms with Crippen molar-refractivity contribution in [1.29, 1.82) is 0 Å². The lowest BCUT2D eigenvalue weighted by Crippen LogP contribution is -2.34. The van der Waals surface area contributed by atoms with Gasteiger partial charge in [-0.2, -0.15) is 0 Å². The molecule has 1 amide bonds. The Morgan fingerprint density at radius 1 is 1.35 bits per heavy atom. The third-order valence-electron chi connectivity index (χ3n) is 3.67. The van der Waals surface area contributed by atoms with Crippen LogP contribution in [0.1, 0.15) is 44.4 Å². The highest BCUT2D eigenvalue weighted by Crippen LogP contribution is 2.31. The van der Waals surface area contributed by atoms with Gasteiger partial charge in [-0.3, -0.25) is 4.79 Å². The smallest absolute Gasteiger partial charge is 0.492 e. The first kappa shape index (κ1) is 20.1. The van der Waals surface area contributed by atoms with Crippen molar-refractivity contribution in [2.24, 2.45) is 0 Å². The van der Waals surface area contributed by atoms with Crippen molar-refractivity contribution < 1.29 is 33.8 Å². The van der Waals surface area contributed by atoms with E-state index in [1.54, 1.807) is 39.8 Å². The molecule has 1 heterocycles. The summed E-state index contributed by atoms with van der Waals surface area (Å²) in [5.41, 5.74) is 1.40. The normalized spacial score (nSPS) is 16.2. The number of benzene rings is 1. The first-order valence-electron chi connectivity index (χ1n) is 8.36. The minimum absolute atomic E-state index is 0.215. The Labute approximate surface area is 152 Å². The second-order valence-electron chi connectivity index (χ2n) is 7.10. The Morgan fingerprint density at radius 2 is 2.04 bits per heavy atom. The van der Waals surface area contributed by atoms with Crippen molar-refractivity contribution in [3.63, 3.8) is 0 Å². The van der Waals surface area contributed by atoms with Crippen molar-refractivity contribution in [1.82, 2.24) is 5.32 Å². The number of hydrogen-bond acceptors (Lipinski definition) is 6. The largest absolute Gasteiger partial charge is 0.492 e. The highest BCUT2D eigenvalue weighted by atomic mass is 16.6. The monoisotopic (exact) mass is 365 g/mol. The summed E-state index contributed by atoms with van der Waals surface area (Å²) < 4.78 is 16.1. The molecule has 1 unspecified atom stereocenters. The maximum atomic E-state index is 11.6. The summed E-state index contributed by atoms with van der Waals surface area (Å²) in [6.07, 6.45) is -1.42. The molecular weight excluding hydrogens is 341 g/mol. The number of amides is 1. The maximum absolute atomic E-state index is 11.6. The van der Waals surface area contributed by atoms with E-state index in [1.165, 1.54) is 0 Å². The number of ether oxygens (including phenoxy) is 2. The second kappa shape index (κ2) is 7.97. The standard InChI is InChI=1S/C17H24BNO7/c1-10-7-11(24-6-5-19-16(22)25-17(2,3)4)8-12-15(10)13(9-14(20)21)26-18(12)23/h7-8,13,23H,5-6,9H2,1-4H3,(H,19,22)(H,20,21). The predicted molar refractivity (Wildman–Crippen MR) is 94.6 cm³/mol. The zero-order valence-corrected chi connectivity index (χ0v) is 15.4. The third kappa shape index (κ3) is 5.37. The topological polar surface area (TPSA) is 114 Å². The molecule has 8 nitrogen and oxygen atoms in total. The van der Waals surface area contributed by atoms with Crippen molar-refractivity contribution in [2.75, 3.05) is 13.2 Å². The molecule has 2 rings (SSSR count). The van der Waals surface area contributed by atoms with Crippen LogP contribution in [0.15, 0.2) is 12.1 Å². The molecule has 0 aromatic heterocycles. The molecular formula is C17H24BNO7. The average molecular weight is 365 g/mol. The van der Waals surface area contributed by atoms with Crippen LogP contribution in [0.4, 0.5) is 4.79 Å². The second-order valence-corrected chi connectivity index (χ2v) is 7.10. The van der Waals surface area contributed by atoms with Crippen LogP contribution in [0.2, 0.25) is 0 Å². The van der Waals surface area contributed by atoms with Gasteiger partial charge in [0.2, 0.25) is 0 Å². The van der Waals surface area contributed by atoms with Crippen molar-refractivity contribution >= 4 is 24.6 Å². The minimum Gasteiger partial charge on any atom is -0.492 e. The van der Waals surface area contributed by atoms with E-state index in [4.69, 9.17) is 19.2 Å². The number of aliphatic carboxylic acids is 1. The summed E-state index contributed by atoms with van der Waals surface area (Å²) in [4.78, 5) is 22.5. The van der Waals surface area contributed by atoms with Gasteiger partial charge >= 0.3 is 19.2 Å². The number of alkyl carbamates (subject to hydrolysis) is 1. The highest BCUT2D eigenvalue weighted by molar-refractivity contribution is 6.62. The first-order valence-corrected chi connectivity index (χ1v) is 8.36. The number of rotatable bonds is 6. The lowest BCUT2D eigenvalue weighted by atomic mass is 9.77. The number of carboxylic acids is 1. The third-order valence-corrected chi connectivity index (χ3v) is 3.67. The quantitative estimate of drug-likeness (QED) is 0.511. The predicted octanol–water partition coefficient (Wildman–Crippen LogP) is 1.13. The number of aryl methyl sites for hydroxylation is 1. The van der Waals surface area contributed by atoms with Gasteiger partial charge in [0, 0.05) is 0 Å². The number of nitrogens with one attached hydrogen (secondary N) is 1. The summed E-state index contributed by atoms with van der Waals surface area (Å²) >= 11 is 0. The maximum Gasteiger partial charge on any atom is 0.492 e. The molecule has 1 aliphatic heterocycles. The molecule has 0 saturated carbocycles. The molecule has 1 aromatic carbocycles. The molecule has 0 radical (unpaired) electrons. The molecule has 0 aliphatic carbocycles. The van der Waals surface area contributed by atoms with E-state index in [0.29, 0.717) is 16.8 Å². The average Bonchev–Trinajstić information content (AvgIpc) is 2.78. The van der Waals surface area contributed by atoms with Gasteiger partial charge in [-0.1, -0.05) is 0 Å². The van der Waals surface area contributed by atoms with Gasteiger partial charge in [0.15, 0.2) is 0 Å². The summed E-state index contributed by atoms with van der Waals surface area (Å²) in [7, 11) is -1.18. The van der Waals surface area contributed by atoms with Gasteiger partial charge in [-0.15, -0.1) is 0 Å². The molecule has 0 saturated heterocycles. The van der Waals surface area contributed by atoms with Gasteiger partial charge < -0.3 is 29.6 Å². The summed E-state index contributed by atoms with van der Waals surface area (Å²) in [5.74, 6) is -0.492. The van der Waals surface area contributed by atoms with Crippen molar-refractivity contribution in [3.05, 3.63) is 23.3 Å². The van der Waals surface area contributed by atoms with Gasteiger partial charge in [-0.05, 0) is 56.4 Å². The highest BCUT2D eigenvalue weighted by Gasteiger charge is 2.37. The van der Waals surface area contributed by atoms with Crippen LogP contribution >= 0.6 is 0 Å². The molecule has 0 fully saturated rings. The van der Waals surface area contributed by atoms with Crippen LogP contribution in [-0.4, -0.2) is 48.1 Å². The van der Waals surface area contributed by atoms with Crippen LogP contribution in [0, 0.1) is 6.92 Å². The molecule has 142 valence electrons. The summed E-state index contributed by atoms with van der Waals surface area (Å²) in [5, 5.41) is 21.6. The fraction of sp³-hybridized carbons (Fsp3) is 0.529. The number of carboxylic acid groups (broad SMARTS) is 1. The van der Waals surface area contributed by atoms with Crippen LogP contribution in [-0.2, 0) is 14.2 Å². The molecule has 1 aromatic rings. The van der Waals surface area contributed by atoms with Crippen LogP contribution in [0.3, 0.4) is 0 Å². The molecule has 0 spiro atoms. The molecule has 0 bridgehead atoms. The number of carbonyl (C=O) groups is 2. The molecule has 26 heavy (non-hydrogen) atoms. The first-order chi connectivity index (χ1) is 12.1. The van der Waals surface area contributed by atoms with E-state index in [2.05, 4.69) is 5.32 Å². The molecule has 3 N–H and O–H groups in total. The zero-order chi connectivity index (χ0) is 19.5. The Kier molecular flexibility index (Phi) is 6.15. The van der Waals surface area contributed by atoms with E-state index in [-0.39, 0.29) is 19.6 Å². The van der Waals surface area contributed by atoms with Gasteiger partial charge in [0.25, 0.3) is 0 Å². The summed E-state index contributed by atoms with van der Waals surface area (Å²) in [6.45, 7) is 7.61. The lowest BCUT2D eigenvalue weighted by molar-refractivity contribution is -0.138. The number of hydrogen-bond donors (Lipinski definition) is 3.